The molecule has 2 aliphatic rings. The summed E-state index contributed by atoms with van der Waals surface area (Å²) in [7, 11) is 0. The Kier molecular flexibility index (Phi) is 3.31. The molecule has 1 N–H and O–H groups in total. The third-order valence-corrected chi connectivity index (χ3v) is 3.71. The molecule has 1 unspecified atom stereocenters. The molecule has 1 saturated heterocycles. The lowest BCUT2D eigenvalue weighted by Gasteiger charge is -2.22. The number of aryl methyl sites for hydroxylation is 1. The SMILES string of the molecule is FC1(F)Oc2ccc(CCC3CCCNC3)cc2O1. The fraction of sp³-hybridized carbons (Fsp3) is 0.571. The smallest absolute Gasteiger partial charge is 0.395 e. The van der Waals surface area contributed by atoms with Crippen molar-refractivity contribution in [2.75, 3.05) is 13.1 Å². The topological polar surface area (TPSA) is 30.5 Å². The highest BCUT2D eigenvalue weighted by Crippen LogP contribution is 2.41. The van der Waals surface area contributed by atoms with Gasteiger partial charge < -0.3 is 14.8 Å². The minimum absolute atomic E-state index is 0.119. The maximum absolute atomic E-state index is 12.9. The Hall–Kier alpha value is -1.36. The van der Waals surface area contributed by atoms with Crippen molar-refractivity contribution < 1.29 is 18.3 Å². The summed E-state index contributed by atoms with van der Waals surface area (Å²) in [5, 5.41) is 3.38. The third kappa shape index (κ3) is 2.97. The molecule has 2 aliphatic heterocycles. The number of ether oxygens (including phenoxy) is 2. The van der Waals surface area contributed by atoms with Gasteiger partial charge in [0.1, 0.15) is 0 Å². The van der Waals surface area contributed by atoms with E-state index in [-0.39, 0.29) is 11.5 Å². The number of benzene rings is 1. The first-order chi connectivity index (χ1) is 9.12. The van der Waals surface area contributed by atoms with Crippen LogP contribution >= 0.6 is 0 Å². The van der Waals surface area contributed by atoms with Gasteiger partial charge in [0.05, 0.1) is 0 Å². The molecule has 0 radical (unpaired) electrons. The van der Waals surface area contributed by atoms with E-state index in [1.54, 1.807) is 12.1 Å². The molecule has 19 heavy (non-hydrogen) atoms. The fourth-order valence-corrected chi connectivity index (χ4v) is 2.69. The highest BCUT2D eigenvalue weighted by Gasteiger charge is 2.43. The fourth-order valence-electron chi connectivity index (χ4n) is 2.69. The predicted octanol–water partition coefficient (Wildman–Crippen LogP) is 2.94. The van der Waals surface area contributed by atoms with Crippen LogP contribution in [-0.4, -0.2) is 19.4 Å². The Morgan fingerprint density at radius 1 is 1.26 bits per heavy atom. The summed E-state index contributed by atoms with van der Waals surface area (Å²) in [5.74, 6) is 0.943. The van der Waals surface area contributed by atoms with Gasteiger partial charge in [0, 0.05) is 0 Å². The molecule has 0 aliphatic carbocycles. The number of hydrogen-bond donors (Lipinski definition) is 1. The average Bonchev–Trinajstić information content (AvgIpc) is 2.70. The van der Waals surface area contributed by atoms with Gasteiger partial charge in [-0.25, -0.2) is 0 Å². The van der Waals surface area contributed by atoms with Gasteiger partial charge in [-0.2, -0.15) is 0 Å². The molecule has 0 amide bonds. The van der Waals surface area contributed by atoms with Crippen LogP contribution in [0.2, 0.25) is 0 Å². The molecule has 0 bridgehead atoms. The highest BCUT2D eigenvalue weighted by molar-refractivity contribution is 5.45. The predicted molar refractivity (Wildman–Crippen MR) is 66.6 cm³/mol. The summed E-state index contributed by atoms with van der Waals surface area (Å²) in [5.41, 5.74) is 1.02. The Morgan fingerprint density at radius 3 is 2.89 bits per heavy atom. The van der Waals surface area contributed by atoms with Crippen molar-refractivity contribution in [2.24, 2.45) is 5.92 Å². The largest absolute Gasteiger partial charge is 0.586 e. The molecule has 1 aromatic rings. The molecule has 2 heterocycles. The summed E-state index contributed by atoms with van der Waals surface area (Å²) < 4.78 is 34.6. The standard InChI is InChI=1S/C14H17F2NO2/c15-14(16)18-12-6-5-10(8-13(12)19-14)3-4-11-2-1-7-17-9-11/h5-6,8,11,17H,1-4,7,9H2. The molecule has 0 spiro atoms. The van der Waals surface area contributed by atoms with E-state index in [9.17, 15) is 8.78 Å². The quantitative estimate of drug-likeness (QED) is 0.915. The van der Waals surface area contributed by atoms with Crippen molar-refractivity contribution >= 4 is 0 Å². The Bertz CT molecular complexity index is 459. The second-order valence-electron chi connectivity index (χ2n) is 5.20. The summed E-state index contributed by atoms with van der Waals surface area (Å²) in [4.78, 5) is 0. The maximum Gasteiger partial charge on any atom is 0.586 e. The summed E-state index contributed by atoms with van der Waals surface area (Å²) in [6.07, 6.45) is 0.902. The summed E-state index contributed by atoms with van der Waals surface area (Å²) >= 11 is 0. The van der Waals surface area contributed by atoms with Gasteiger partial charge in [0.2, 0.25) is 0 Å². The molecule has 3 rings (SSSR count). The van der Waals surface area contributed by atoms with Crippen molar-refractivity contribution in [2.45, 2.75) is 32.0 Å². The molecule has 5 heteroatoms. The van der Waals surface area contributed by atoms with E-state index < -0.39 is 6.29 Å². The van der Waals surface area contributed by atoms with Gasteiger partial charge in [-0.3, -0.25) is 0 Å². The van der Waals surface area contributed by atoms with E-state index in [1.165, 1.54) is 12.8 Å². The van der Waals surface area contributed by atoms with E-state index in [0.29, 0.717) is 5.92 Å². The number of alkyl halides is 2. The van der Waals surface area contributed by atoms with Gasteiger partial charge in [0.25, 0.3) is 0 Å². The zero-order valence-electron chi connectivity index (χ0n) is 10.6. The van der Waals surface area contributed by atoms with E-state index in [1.807, 2.05) is 6.07 Å². The Balaban J connectivity index is 1.60. The second kappa shape index (κ2) is 4.96. The molecule has 0 aromatic heterocycles. The van der Waals surface area contributed by atoms with Gasteiger partial charge in [-0.15, -0.1) is 8.78 Å². The van der Waals surface area contributed by atoms with Crippen LogP contribution < -0.4 is 14.8 Å². The molecule has 104 valence electrons. The number of halogens is 2. The molecule has 1 atom stereocenters. The van der Waals surface area contributed by atoms with Crippen LogP contribution in [-0.2, 0) is 6.42 Å². The number of piperidine rings is 1. The van der Waals surface area contributed by atoms with E-state index in [2.05, 4.69) is 14.8 Å². The lowest BCUT2D eigenvalue weighted by Crippen LogP contribution is -2.29. The lowest BCUT2D eigenvalue weighted by atomic mass is 9.93. The molecule has 1 aromatic carbocycles. The summed E-state index contributed by atoms with van der Waals surface area (Å²) in [6.45, 7) is 2.16. The molecule has 3 nitrogen and oxygen atoms in total. The zero-order valence-corrected chi connectivity index (χ0v) is 10.6. The normalized spacial score (nSPS) is 24.4. The van der Waals surface area contributed by atoms with Crippen molar-refractivity contribution in [3.05, 3.63) is 23.8 Å². The molecular weight excluding hydrogens is 252 g/mol. The molecular formula is C14H17F2NO2. The van der Waals surface area contributed by atoms with Crippen molar-refractivity contribution in [3.8, 4) is 11.5 Å². The number of nitrogens with one attached hydrogen (secondary N) is 1. The Morgan fingerprint density at radius 2 is 2.11 bits per heavy atom. The first-order valence-corrected chi connectivity index (χ1v) is 6.72. The first-order valence-electron chi connectivity index (χ1n) is 6.72. The van der Waals surface area contributed by atoms with Gasteiger partial charge in [-0.1, -0.05) is 6.07 Å². The van der Waals surface area contributed by atoms with Crippen LogP contribution in [0.3, 0.4) is 0 Å². The van der Waals surface area contributed by atoms with Gasteiger partial charge in [-0.05, 0) is 62.4 Å². The highest BCUT2D eigenvalue weighted by atomic mass is 19.3. The molecule has 0 saturated carbocycles. The maximum atomic E-state index is 12.9. The van der Waals surface area contributed by atoms with Crippen molar-refractivity contribution in [1.82, 2.24) is 5.32 Å². The van der Waals surface area contributed by atoms with Crippen LogP contribution in [0, 0.1) is 5.92 Å². The van der Waals surface area contributed by atoms with Crippen LogP contribution in [0.15, 0.2) is 18.2 Å². The van der Waals surface area contributed by atoms with E-state index in [4.69, 9.17) is 0 Å². The number of fused-ring (bicyclic) bond motifs is 1. The minimum atomic E-state index is -3.52. The average molecular weight is 269 g/mol. The van der Waals surface area contributed by atoms with E-state index in [0.717, 1.165) is 31.5 Å². The van der Waals surface area contributed by atoms with E-state index >= 15 is 0 Å². The molecule has 1 fully saturated rings. The second-order valence-corrected chi connectivity index (χ2v) is 5.20. The van der Waals surface area contributed by atoms with Crippen LogP contribution in [0.5, 0.6) is 11.5 Å². The third-order valence-electron chi connectivity index (χ3n) is 3.71. The van der Waals surface area contributed by atoms with Crippen LogP contribution in [0.25, 0.3) is 0 Å². The van der Waals surface area contributed by atoms with Crippen molar-refractivity contribution in [3.63, 3.8) is 0 Å². The van der Waals surface area contributed by atoms with Gasteiger partial charge >= 0.3 is 6.29 Å². The van der Waals surface area contributed by atoms with Crippen LogP contribution in [0.4, 0.5) is 8.78 Å². The summed E-state index contributed by atoms with van der Waals surface area (Å²) in [6, 6.07) is 5.05. The number of hydrogen-bond acceptors (Lipinski definition) is 3. The first kappa shape index (κ1) is 12.7. The van der Waals surface area contributed by atoms with Crippen molar-refractivity contribution in [1.29, 1.82) is 0 Å². The van der Waals surface area contributed by atoms with Crippen LogP contribution in [0.1, 0.15) is 24.8 Å². The van der Waals surface area contributed by atoms with Gasteiger partial charge in [0.15, 0.2) is 11.5 Å². The lowest BCUT2D eigenvalue weighted by molar-refractivity contribution is -0.286. The zero-order chi connectivity index (χ0) is 13.3. The Labute approximate surface area is 110 Å². The minimum Gasteiger partial charge on any atom is -0.395 e. The monoisotopic (exact) mass is 269 g/mol. The number of rotatable bonds is 3.